The van der Waals surface area contributed by atoms with Gasteiger partial charge in [-0.15, -0.1) is 0 Å². The molecule has 0 saturated carbocycles. The Morgan fingerprint density at radius 2 is 2.16 bits per heavy atom. The van der Waals surface area contributed by atoms with E-state index >= 15 is 0 Å². The van der Waals surface area contributed by atoms with Crippen LogP contribution in [0, 0.1) is 12.8 Å². The summed E-state index contributed by atoms with van der Waals surface area (Å²) in [5, 5.41) is 13.7. The first kappa shape index (κ1) is 16.1. The van der Waals surface area contributed by atoms with Crippen LogP contribution in [0.15, 0.2) is 10.6 Å². The molecule has 0 bridgehead atoms. The Morgan fingerprint density at radius 3 is 2.63 bits per heavy atom. The van der Waals surface area contributed by atoms with Crippen LogP contribution in [0.2, 0.25) is 0 Å². The number of nitrogens with one attached hydrogen (secondary N) is 1. The van der Waals surface area contributed by atoms with Crippen molar-refractivity contribution in [3.63, 3.8) is 0 Å². The van der Waals surface area contributed by atoms with Gasteiger partial charge in [0.1, 0.15) is 17.2 Å². The predicted molar refractivity (Wildman–Crippen MR) is 71.9 cm³/mol. The molecule has 19 heavy (non-hydrogen) atoms. The van der Waals surface area contributed by atoms with Crippen molar-refractivity contribution in [2.45, 2.75) is 45.5 Å². The van der Waals surface area contributed by atoms with Crippen LogP contribution in [0.1, 0.15) is 38.6 Å². The molecule has 1 rings (SSSR count). The lowest BCUT2D eigenvalue weighted by molar-refractivity contribution is 0.0436. The Balaban J connectivity index is 2.56. The summed E-state index contributed by atoms with van der Waals surface area (Å²) in [5.41, 5.74) is -0.699. The maximum absolute atomic E-state index is 11.8. The van der Waals surface area contributed by atoms with E-state index in [9.17, 15) is 13.5 Å². The van der Waals surface area contributed by atoms with Gasteiger partial charge in [-0.1, -0.05) is 19.0 Å². The Kier molecular flexibility index (Phi) is 5.11. The minimum Gasteiger partial charge on any atom is -0.389 e. The van der Waals surface area contributed by atoms with Crippen molar-refractivity contribution in [3.8, 4) is 0 Å². The average molecular weight is 290 g/mol. The molecule has 6 nitrogen and oxygen atoms in total. The lowest BCUT2D eigenvalue weighted by atomic mass is 9.95. The highest BCUT2D eigenvalue weighted by molar-refractivity contribution is 7.88. The molecule has 1 atom stereocenters. The van der Waals surface area contributed by atoms with Gasteiger partial charge in [0.2, 0.25) is 10.0 Å². The molecule has 1 unspecified atom stereocenters. The molecular weight excluding hydrogens is 268 g/mol. The number of aryl methyl sites for hydroxylation is 1. The molecule has 1 aromatic rings. The first-order valence-electron chi connectivity index (χ1n) is 6.21. The molecule has 0 aliphatic rings. The van der Waals surface area contributed by atoms with Gasteiger partial charge in [-0.3, -0.25) is 0 Å². The maximum atomic E-state index is 11.8. The van der Waals surface area contributed by atoms with Crippen LogP contribution in [0.5, 0.6) is 0 Å². The van der Waals surface area contributed by atoms with Crippen LogP contribution in [-0.2, 0) is 15.8 Å². The van der Waals surface area contributed by atoms with E-state index < -0.39 is 15.6 Å². The van der Waals surface area contributed by atoms with Gasteiger partial charge in [-0.2, -0.15) is 0 Å². The summed E-state index contributed by atoms with van der Waals surface area (Å²) in [6, 6.07) is 1.57. The zero-order valence-corrected chi connectivity index (χ0v) is 12.6. The zero-order valence-electron chi connectivity index (χ0n) is 11.8. The molecule has 0 aromatic carbocycles. The molecule has 0 aliphatic carbocycles. The summed E-state index contributed by atoms with van der Waals surface area (Å²) in [5.74, 6) is 0.608. The molecule has 2 N–H and O–H groups in total. The van der Waals surface area contributed by atoms with Crippen LogP contribution in [0.3, 0.4) is 0 Å². The second kappa shape index (κ2) is 6.02. The van der Waals surface area contributed by atoms with E-state index in [0.29, 0.717) is 17.9 Å². The molecule has 0 aliphatic heterocycles. The first-order valence-corrected chi connectivity index (χ1v) is 7.87. The van der Waals surface area contributed by atoms with E-state index in [1.807, 2.05) is 13.8 Å². The fourth-order valence-electron chi connectivity index (χ4n) is 1.95. The highest BCUT2D eigenvalue weighted by Gasteiger charge is 2.25. The van der Waals surface area contributed by atoms with E-state index in [0.717, 1.165) is 0 Å². The average Bonchev–Trinajstić information content (AvgIpc) is 2.59. The Bertz CT molecular complexity index is 506. The standard InChI is InChI=1S/C12H22N2O4S/c1-9(2)6-12(4,15)8-13-19(16,17)7-11-5-10(3)18-14-11/h5,9,13,15H,6-8H2,1-4H3. The summed E-state index contributed by atoms with van der Waals surface area (Å²) in [7, 11) is -3.52. The lowest BCUT2D eigenvalue weighted by Crippen LogP contribution is -2.41. The van der Waals surface area contributed by atoms with E-state index in [-0.39, 0.29) is 18.2 Å². The molecule has 0 spiro atoms. The highest BCUT2D eigenvalue weighted by Crippen LogP contribution is 2.15. The second-order valence-electron chi connectivity index (χ2n) is 5.60. The third-order valence-electron chi connectivity index (χ3n) is 2.54. The van der Waals surface area contributed by atoms with Gasteiger partial charge in [-0.05, 0) is 26.2 Å². The Hall–Kier alpha value is -0.920. The van der Waals surface area contributed by atoms with Gasteiger partial charge < -0.3 is 9.63 Å². The lowest BCUT2D eigenvalue weighted by Gasteiger charge is -2.25. The minimum atomic E-state index is -3.52. The number of aliphatic hydroxyl groups is 1. The minimum absolute atomic E-state index is 0.00958. The topological polar surface area (TPSA) is 92.4 Å². The van der Waals surface area contributed by atoms with Crippen molar-refractivity contribution < 1.29 is 18.0 Å². The monoisotopic (exact) mass is 290 g/mol. The Labute approximate surface area is 114 Å². The van der Waals surface area contributed by atoms with Crippen LogP contribution < -0.4 is 4.72 Å². The van der Waals surface area contributed by atoms with Crippen molar-refractivity contribution in [1.29, 1.82) is 0 Å². The third-order valence-corrected chi connectivity index (χ3v) is 3.80. The van der Waals surface area contributed by atoms with Crippen molar-refractivity contribution >= 4 is 10.0 Å². The van der Waals surface area contributed by atoms with Crippen LogP contribution >= 0.6 is 0 Å². The third kappa shape index (κ3) is 6.17. The number of hydrogen-bond donors (Lipinski definition) is 2. The largest absolute Gasteiger partial charge is 0.389 e. The summed E-state index contributed by atoms with van der Waals surface area (Å²) in [6.45, 7) is 7.26. The molecule has 7 heteroatoms. The number of nitrogens with zero attached hydrogens (tertiary/aromatic N) is 1. The van der Waals surface area contributed by atoms with Gasteiger partial charge in [0.15, 0.2) is 0 Å². The number of aromatic nitrogens is 1. The summed E-state index contributed by atoms with van der Waals surface area (Å²) in [6.07, 6.45) is 0.526. The molecule has 1 aromatic heterocycles. The number of sulfonamides is 1. The molecule has 110 valence electrons. The smallest absolute Gasteiger partial charge is 0.217 e. The van der Waals surface area contributed by atoms with Gasteiger partial charge >= 0.3 is 0 Å². The molecule has 0 radical (unpaired) electrons. The molecule has 0 saturated heterocycles. The summed E-state index contributed by atoms with van der Waals surface area (Å²) >= 11 is 0. The summed E-state index contributed by atoms with van der Waals surface area (Å²) < 4.78 is 30.9. The van der Waals surface area contributed by atoms with Gasteiger partial charge in [0.05, 0.1) is 5.60 Å². The van der Waals surface area contributed by atoms with Gasteiger partial charge in [0, 0.05) is 12.6 Å². The van der Waals surface area contributed by atoms with E-state index in [1.165, 1.54) is 0 Å². The second-order valence-corrected chi connectivity index (χ2v) is 7.41. The molecular formula is C12H22N2O4S. The van der Waals surface area contributed by atoms with Crippen LogP contribution in [0.25, 0.3) is 0 Å². The van der Waals surface area contributed by atoms with Crippen molar-refractivity contribution in [2.24, 2.45) is 5.92 Å². The Morgan fingerprint density at radius 1 is 1.53 bits per heavy atom. The SMILES string of the molecule is Cc1cc(CS(=O)(=O)NCC(C)(O)CC(C)C)no1. The molecule has 1 heterocycles. The first-order chi connectivity index (χ1) is 8.60. The zero-order chi connectivity index (χ0) is 14.7. The van der Waals surface area contributed by atoms with E-state index in [4.69, 9.17) is 4.52 Å². The fraction of sp³-hybridized carbons (Fsp3) is 0.750. The summed E-state index contributed by atoms with van der Waals surface area (Å²) in [4.78, 5) is 0. The van der Waals surface area contributed by atoms with Gasteiger partial charge in [-0.25, -0.2) is 13.1 Å². The fourth-order valence-corrected chi connectivity index (χ4v) is 3.11. The van der Waals surface area contributed by atoms with Gasteiger partial charge in [0.25, 0.3) is 0 Å². The van der Waals surface area contributed by atoms with E-state index in [1.54, 1.807) is 19.9 Å². The van der Waals surface area contributed by atoms with Crippen LogP contribution in [-0.4, -0.2) is 30.8 Å². The molecule has 0 amide bonds. The van der Waals surface area contributed by atoms with Crippen molar-refractivity contribution in [2.75, 3.05) is 6.54 Å². The number of rotatable bonds is 7. The highest BCUT2D eigenvalue weighted by atomic mass is 32.2. The quantitative estimate of drug-likeness (QED) is 0.787. The predicted octanol–water partition coefficient (Wildman–Crippen LogP) is 1.20. The van der Waals surface area contributed by atoms with E-state index in [2.05, 4.69) is 9.88 Å². The van der Waals surface area contributed by atoms with Crippen molar-refractivity contribution in [3.05, 3.63) is 17.5 Å². The van der Waals surface area contributed by atoms with Crippen molar-refractivity contribution in [1.82, 2.24) is 9.88 Å². The number of hydrogen-bond acceptors (Lipinski definition) is 5. The molecule has 0 fully saturated rings. The van der Waals surface area contributed by atoms with Crippen LogP contribution in [0.4, 0.5) is 0 Å². The normalized spacial score (nSPS) is 15.7. The maximum Gasteiger partial charge on any atom is 0.217 e.